The Morgan fingerprint density at radius 3 is 2.93 bits per heavy atom. The van der Waals surface area contributed by atoms with E-state index in [0.717, 1.165) is 0 Å². The monoisotopic (exact) mass is 238 g/mol. The van der Waals surface area contributed by atoms with E-state index in [1.807, 2.05) is 0 Å². The van der Waals surface area contributed by atoms with E-state index in [0.29, 0.717) is 22.3 Å². The summed E-state index contributed by atoms with van der Waals surface area (Å²) in [6.07, 6.45) is 0. The number of fused-ring (bicyclic) bond motifs is 1. The average molecular weight is 239 g/mol. The van der Waals surface area contributed by atoms with Crippen LogP contribution in [-0.2, 0) is 0 Å². The van der Waals surface area contributed by atoms with Crippen molar-refractivity contribution < 1.29 is 0 Å². The van der Waals surface area contributed by atoms with Crippen molar-refractivity contribution in [2.24, 2.45) is 0 Å². The lowest BCUT2D eigenvalue weighted by Crippen LogP contribution is -1.94. The van der Waals surface area contributed by atoms with Crippen molar-refractivity contribution in [1.29, 1.82) is 0 Å². The molecule has 3 heterocycles. The molecule has 6 nitrogen and oxygen atoms in total. The van der Waals surface area contributed by atoms with Crippen molar-refractivity contribution in [3.05, 3.63) is 22.7 Å². The van der Waals surface area contributed by atoms with Gasteiger partial charge in [-0.15, -0.1) is 15.3 Å². The fraction of sp³-hybridized carbons (Fsp3) is 0. The molecule has 0 aliphatic heterocycles. The average Bonchev–Trinajstić information content (AvgIpc) is 2.83. The number of hydrogen-bond acceptors (Lipinski definition) is 6. The van der Waals surface area contributed by atoms with E-state index in [2.05, 4.69) is 24.9 Å². The largest absolute Gasteiger partial charge is 0.206 e. The second-order valence-corrected chi connectivity index (χ2v) is 3.74. The van der Waals surface area contributed by atoms with E-state index in [9.17, 15) is 0 Å². The third-order valence-electron chi connectivity index (χ3n) is 1.82. The molecule has 0 spiro atoms. The Labute approximate surface area is 92.7 Å². The minimum absolute atomic E-state index is 0.381. The lowest BCUT2D eigenvalue weighted by molar-refractivity contribution is 0.927. The smallest absolute Gasteiger partial charge is 0.190 e. The van der Waals surface area contributed by atoms with Crippen LogP contribution in [0.1, 0.15) is 0 Å². The van der Waals surface area contributed by atoms with Gasteiger partial charge < -0.3 is 0 Å². The van der Waals surface area contributed by atoms with Gasteiger partial charge in [0.2, 0.25) is 5.82 Å². The van der Waals surface area contributed by atoms with Gasteiger partial charge in [-0.25, -0.2) is 0 Å². The Hall–Kier alpha value is -1.60. The normalized spacial score (nSPS) is 11.0. The molecule has 0 saturated heterocycles. The number of aromatic nitrogens is 6. The topological polar surface area (TPSA) is 68.9 Å². The molecule has 8 heteroatoms. The first-order valence-corrected chi connectivity index (χ1v) is 5.21. The predicted octanol–water partition coefficient (Wildman–Crippen LogP) is 1.30. The molecule has 0 aliphatic rings. The molecular weight excluding hydrogens is 236 g/mol. The van der Waals surface area contributed by atoms with Crippen molar-refractivity contribution in [1.82, 2.24) is 29.4 Å². The van der Waals surface area contributed by atoms with Crippen molar-refractivity contribution in [3.63, 3.8) is 0 Å². The molecule has 0 unspecified atom stereocenters. The number of hydrogen-bond donors (Lipinski definition) is 0. The molecule has 0 bridgehead atoms. The van der Waals surface area contributed by atoms with Gasteiger partial charge in [-0.3, -0.25) is 0 Å². The first-order chi connectivity index (χ1) is 7.34. The molecule has 0 N–H and O–H groups in total. The zero-order chi connectivity index (χ0) is 10.3. The van der Waals surface area contributed by atoms with E-state index in [4.69, 9.17) is 11.6 Å². The van der Waals surface area contributed by atoms with Gasteiger partial charge in [-0.1, -0.05) is 16.1 Å². The fourth-order valence-electron chi connectivity index (χ4n) is 1.19. The summed E-state index contributed by atoms with van der Waals surface area (Å²) in [7, 11) is 0. The van der Waals surface area contributed by atoms with Crippen LogP contribution in [0.5, 0.6) is 0 Å². The summed E-state index contributed by atoms with van der Waals surface area (Å²) in [5.41, 5.74) is 1.27. The summed E-state index contributed by atoms with van der Waals surface area (Å²) in [4.78, 5) is 0. The van der Waals surface area contributed by atoms with E-state index in [1.165, 1.54) is 11.5 Å². The molecule has 0 radical (unpaired) electrons. The highest BCUT2D eigenvalue weighted by molar-refractivity contribution is 7.03. The fourth-order valence-corrected chi connectivity index (χ4v) is 1.76. The van der Waals surface area contributed by atoms with Crippen LogP contribution in [0.2, 0.25) is 5.15 Å². The third-order valence-corrected chi connectivity index (χ3v) is 2.53. The van der Waals surface area contributed by atoms with Gasteiger partial charge in [-0.05, 0) is 23.7 Å². The molecule has 3 aromatic heterocycles. The summed E-state index contributed by atoms with van der Waals surface area (Å²) in [6, 6.07) is 3.40. The molecule has 74 valence electrons. The van der Waals surface area contributed by atoms with Gasteiger partial charge in [0.05, 0.1) is 0 Å². The molecule has 0 amide bonds. The van der Waals surface area contributed by atoms with E-state index in [1.54, 1.807) is 22.0 Å². The van der Waals surface area contributed by atoms with Crippen molar-refractivity contribution in [2.45, 2.75) is 0 Å². The summed E-state index contributed by atoms with van der Waals surface area (Å²) in [6.45, 7) is 0. The highest BCUT2D eigenvalue weighted by Gasteiger charge is 2.11. The minimum Gasteiger partial charge on any atom is -0.190 e. The van der Waals surface area contributed by atoms with E-state index >= 15 is 0 Å². The van der Waals surface area contributed by atoms with Crippen molar-refractivity contribution in [2.75, 3.05) is 0 Å². The molecule has 15 heavy (non-hydrogen) atoms. The second kappa shape index (κ2) is 3.21. The Kier molecular flexibility index (Phi) is 1.86. The van der Waals surface area contributed by atoms with Gasteiger partial charge in [0.1, 0.15) is 10.8 Å². The van der Waals surface area contributed by atoms with Gasteiger partial charge in [-0.2, -0.15) is 9.61 Å². The first-order valence-electron chi connectivity index (χ1n) is 4.00. The summed E-state index contributed by atoms with van der Waals surface area (Å²) < 4.78 is 5.30. The summed E-state index contributed by atoms with van der Waals surface area (Å²) in [5, 5.41) is 18.1. The number of nitrogens with zero attached hydrogens (tertiary/aromatic N) is 6. The van der Waals surface area contributed by atoms with E-state index < -0.39 is 0 Å². The Morgan fingerprint density at radius 1 is 1.20 bits per heavy atom. The second-order valence-electron chi connectivity index (χ2n) is 2.74. The van der Waals surface area contributed by atoms with Crippen LogP contribution in [0, 0.1) is 0 Å². The Balaban J connectivity index is 2.32. The van der Waals surface area contributed by atoms with Gasteiger partial charge >= 0.3 is 0 Å². The highest BCUT2D eigenvalue weighted by Crippen LogP contribution is 2.16. The molecule has 0 saturated carbocycles. The quantitative estimate of drug-likeness (QED) is 0.639. The minimum atomic E-state index is 0.381. The lowest BCUT2D eigenvalue weighted by Gasteiger charge is -1.94. The number of halogens is 1. The molecular formula is C7H3ClN6S. The maximum absolute atomic E-state index is 5.79. The van der Waals surface area contributed by atoms with Crippen molar-refractivity contribution in [3.8, 4) is 11.5 Å². The first kappa shape index (κ1) is 8.69. The highest BCUT2D eigenvalue weighted by atomic mass is 35.5. The van der Waals surface area contributed by atoms with Gasteiger partial charge in [0.15, 0.2) is 5.65 Å². The van der Waals surface area contributed by atoms with Crippen molar-refractivity contribution >= 4 is 28.8 Å². The molecule has 0 atom stereocenters. The Bertz CT molecular complexity index is 603. The molecule has 0 fully saturated rings. The SMILES string of the molecule is Clc1ccc2nnc(-c3csnn3)n2n1. The number of rotatable bonds is 1. The maximum atomic E-state index is 5.79. The van der Waals surface area contributed by atoms with Gasteiger partial charge in [0.25, 0.3) is 0 Å². The maximum Gasteiger partial charge on any atom is 0.206 e. The van der Waals surface area contributed by atoms with E-state index in [-0.39, 0.29) is 0 Å². The van der Waals surface area contributed by atoms with Crippen LogP contribution in [0.25, 0.3) is 17.2 Å². The van der Waals surface area contributed by atoms with Crippen LogP contribution in [0.3, 0.4) is 0 Å². The molecule has 3 aromatic rings. The predicted molar refractivity (Wildman–Crippen MR) is 54.7 cm³/mol. The standard InChI is InChI=1S/C7H3ClN6S/c8-5-1-2-6-10-11-7(14(6)12-5)4-3-15-13-9-4/h1-3H. The third kappa shape index (κ3) is 1.36. The molecule has 3 rings (SSSR count). The summed E-state index contributed by atoms with van der Waals surface area (Å²) in [5.74, 6) is 0.543. The zero-order valence-corrected chi connectivity index (χ0v) is 8.77. The molecule has 0 aromatic carbocycles. The van der Waals surface area contributed by atoms with Crippen LogP contribution in [0.4, 0.5) is 0 Å². The van der Waals surface area contributed by atoms with Crippen LogP contribution < -0.4 is 0 Å². The summed E-state index contributed by atoms with van der Waals surface area (Å²) >= 11 is 7.04. The Morgan fingerprint density at radius 2 is 2.13 bits per heavy atom. The zero-order valence-electron chi connectivity index (χ0n) is 7.20. The van der Waals surface area contributed by atoms with Crippen LogP contribution in [0.15, 0.2) is 17.5 Å². The van der Waals surface area contributed by atoms with Crippen LogP contribution in [-0.4, -0.2) is 29.4 Å². The lowest BCUT2D eigenvalue weighted by atomic mass is 10.5. The molecule has 0 aliphatic carbocycles. The van der Waals surface area contributed by atoms with Crippen LogP contribution >= 0.6 is 23.1 Å². The van der Waals surface area contributed by atoms with Gasteiger partial charge in [0, 0.05) is 5.38 Å².